The van der Waals surface area contributed by atoms with E-state index in [1.165, 1.54) is 6.07 Å². The Kier molecular flexibility index (Phi) is 3.71. The highest BCUT2D eigenvalue weighted by molar-refractivity contribution is 9.10. The number of hydrogen-bond donors (Lipinski definition) is 0. The zero-order valence-electron chi connectivity index (χ0n) is 6.28. The summed E-state index contributed by atoms with van der Waals surface area (Å²) in [6.07, 6.45) is 0. The van der Waals surface area contributed by atoms with E-state index in [4.69, 9.17) is 23.2 Å². The van der Waals surface area contributed by atoms with Gasteiger partial charge in [0.25, 0.3) is 0 Å². The van der Waals surface area contributed by atoms with Gasteiger partial charge >= 0.3 is 0 Å². The van der Waals surface area contributed by atoms with Crippen LogP contribution >= 0.6 is 39.1 Å². The topological polar surface area (TPSA) is 17.1 Å². The van der Waals surface area contributed by atoms with Gasteiger partial charge in [0.1, 0.15) is 5.82 Å². The molecule has 0 radical (unpaired) electrons. The Morgan fingerprint density at radius 3 is 2.69 bits per heavy atom. The zero-order valence-corrected chi connectivity index (χ0v) is 9.38. The fourth-order valence-corrected chi connectivity index (χ4v) is 1.55. The predicted molar refractivity (Wildman–Crippen MR) is 54.2 cm³/mol. The maximum absolute atomic E-state index is 12.9. The monoisotopic (exact) mass is 284 g/mol. The van der Waals surface area contributed by atoms with Crippen LogP contribution in [0.4, 0.5) is 4.39 Å². The SMILES string of the molecule is O=C(CCl)c1cc(Br)c(F)cc1Cl. The Morgan fingerprint density at radius 2 is 2.15 bits per heavy atom. The van der Waals surface area contributed by atoms with Crippen molar-refractivity contribution in [3.8, 4) is 0 Å². The molecule has 0 atom stereocenters. The van der Waals surface area contributed by atoms with Crippen LogP contribution in [0.3, 0.4) is 0 Å². The average Bonchev–Trinajstić information content (AvgIpc) is 2.10. The average molecular weight is 286 g/mol. The van der Waals surface area contributed by atoms with Gasteiger partial charge in [0, 0.05) is 5.56 Å². The summed E-state index contributed by atoms with van der Waals surface area (Å²) in [7, 11) is 0. The van der Waals surface area contributed by atoms with Crippen LogP contribution in [0, 0.1) is 5.82 Å². The first-order valence-corrected chi connectivity index (χ1v) is 5.00. The molecule has 13 heavy (non-hydrogen) atoms. The molecule has 0 heterocycles. The van der Waals surface area contributed by atoms with Gasteiger partial charge in [-0.05, 0) is 28.1 Å². The van der Waals surface area contributed by atoms with Crippen LogP contribution in [-0.4, -0.2) is 11.7 Å². The molecule has 0 aliphatic rings. The summed E-state index contributed by atoms with van der Waals surface area (Å²) >= 11 is 13.9. The molecule has 1 aromatic carbocycles. The standard InChI is InChI=1S/C8H4BrCl2FO/c9-5-1-4(8(13)3-10)6(11)2-7(5)12/h1-2H,3H2. The highest BCUT2D eigenvalue weighted by Gasteiger charge is 2.12. The molecule has 5 heteroatoms. The number of carbonyl (C=O) groups is 1. The largest absolute Gasteiger partial charge is 0.293 e. The summed E-state index contributed by atoms with van der Waals surface area (Å²) in [6.45, 7) is 0. The van der Waals surface area contributed by atoms with Crippen molar-refractivity contribution in [3.05, 3.63) is 33.0 Å². The molecular formula is C8H4BrCl2FO. The van der Waals surface area contributed by atoms with Gasteiger partial charge in [-0.2, -0.15) is 0 Å². The second kappa shape index (κ2) is 4.40. The summed E-state index contributed by atoms with van der Waals surface area (Å²) < 4.78 is 13.1. The molecule has 0 amide bonds. The van der Waals surface area contributed by atoms with Gasteiger partial charge in [0.05, 0.1) is 15.4 Å². The first-order valence-electron chi connectivity index (χ1n) is 3.30. The minimum atomic E-state index is -0.504. The molecule has 0 spiro atoms. The number of carbonyl (C=O) groups excluding carboxylic acids is 1. The van der Waals surface area contributed by atoms with Crippen LogP contribution in [-0.2, 0) is 0 Å². The van der Waals surface area contributed by atoms with Crippen molar-refractivity contribution in [2.45, 2.75) is 0 Å². The van der Waals surface area contributed by atoms with Crippen LogP contribution in [0.5, 0.6) is 0 Å². The van der Waals surface area contributed by atoms with E-state index in [9.17, 15) is 9.18 Å². The van der Waals surface area contributed by atoms with E-state index in [1.807, 2.05) is 0 Å². The van der Waals surface area contributed by atoms with Crippen molar-refractivity contribution >= 4 is 44.9 Å². The van der Waals surface area contributed by atoms with Gasteiger partial charge in [-0.3, -0.25) is 4.79 Å². The van der Waals surface area contributed by atoms with Gasteiger partial charge in [-0.15, -0.1) is 11.6 Å². The van der Waals surface area contributed by atoms with Gasteiger partial charge in [0.2, 0.25) is 0 Å². The lowest BCUT2D eigenvalue weighted by molar-refractivity contribution is 0.102. The van der Waals surface area contributed by atoms with Gasteiger partial charge in [-0.1, -0.05) is 11.6 Å². The van der Waals surface area contributed by atoms with Crippen molar-refractivity contribution in [3.63, 3.8) is 0 Å². The van der Waals surface area contributed by atoms with Crippen LogP contribution in [0.25, 0.3) is 0 Å². The summed E-state index contributed by atoms with van der Waals surface area (Å²) in [5.41, 5.74) is 0.227. The van der Waals surface area contributed by atoms with E-state index >= 15 is 0 Å². The third-order valence-corrected chi connectivity index (χ3v) is 2.59. The Labute approximate surface area is 93.0 Å². The lowest BCUT2D eigenvalue weighted by Gasteiger charge is -2.02. The Balaban J connectivity index is 3.23. The Morgan fingerprint density at radius 1 is 1.54 bits per heavy atom. The fourth-order valence-electron chi connectivity index (χ4n) is 0.808. The smallest absolute Gasteiger partial charge is 0.179 e. The quantitative estimate of drug-likeness (QED) is 0.460. The number of halogens is 4. The lowest BCUT2D eigenvalue weighted by Crippen LogP contribution is -2.01. The van der Waals surface area contributed by atoms with E-state index in [2.05, 4.69) is 15.9 Å². The fraction of sp³-hybridized carbons (Fsp3) is 0.125. The highest BCUT2D eigenvalue weighted by atomic mass is 79.9. The molecule has 1 rings (SSSR count). The first kappa shape index (κ1) is 11.0. The normalized spacial score (nSPS) is 10.2. The van der Waals surface area contributed by atoms with Crippen molar-refractivity contribution in [1.29, 1.82) is 0 Å². The Hall–Kier alpha value is -0.120. The van der Waals surface area contributed by atoms with Crippen LogP contribution in [0.2, 0.25) is 5.02 Å². The molecule has 70 valence electrons. The number of ketones is 1. The molecule has 0 aliphatic carbocycles. The highest BCUT2D eigenvalue weighted by Crippen LogP contribution is 2.24. The maximum atomic E-state index is 12.9. The van der Waals surface area contributed by atoms with Crippen LogP contribution < -0.4 is 0 Å². The summed E-state index contributed by atoms with van der Waals surface area (Å²) in [4.78, 5) is 11.1. The van der Waals surface area contributed by atoms with E-state index in [0.717, 1.165) is 6.07 Å². The van der Waals surface area contributed by atoms with Gasteiger partial charge in [-0.25, -0.2) is 4.39 Å². The van der Waals surface area contributed by atoms with Crippen molar-refractivity contribution in [2.75, 3.05) is 5.88 Å². The molecule has 0 N–H and O–H groups in total. The molecule has 0 unspecified atom stereocenters. The number of hydrogen-bond acceptors (Lipinski definition) is 1. The molecule has 0 saturated carbocycles. The lowest BCUT2D eigenvalue weighted by atomic mass is 10.1. The van der Waals surface area contributed by atoms with E-state index in [0.29, 0.717) is 0 Å². The van der Waals surface area contributed by atoms with Crippen molar-refractivity contribution in [1.82, 2.24) is 0 Å². The zero-order chi connectivity index (χ0) is 10.0. The molecular weight excluding hydrogens is 282 g/mol. The molecule has 0 aliphatic heterocycles. The van der Waals surface area contributed by atoms with E-state index < -0.39 is 5.82 Å². The van der Waals surface area contributed by atoms with Crippen LogP contribution in [0.1, 0.15) is 10.4 Å². The second-order valence-electron chi connectivity index (χ2n) is 2.30. The molecule has 0 saturated heterocycles. The van der Waals surface area contributed by atoms with Crippen LogP contribution in [0.15, 0.2) is 16.6 Å². The van der Waals surface area contributed by atoms with Crippen molar-refractivity contribution in [2.24, 2.45) is 0 Å². The number of benzene rings is 1. The molecule has 0 bridgehead atoms. The van der Waals surface area contributed by atoms with Gasteiger partial charge < -0.3 is 0 Å². The number of rotatable bonds is 2. The summed E-state index contributed by atoms with van der Waals surface area (Å²) in [6, 6.07) is 2.40. The molecule has 0 fully saturated rings. The Bertz CT molecular complexity index is 354. The minimum Gasteiger partial charge on any atom is -0.293 e. The molecule has 0 aromatic heterocycles. The molecule has 1 nitrogen and oxygen atoms in total. The van der Waals surface area contributed by atoms with E-state index in [-0.39, 0.29) is 26.7 Å². The summed E-state index contributed by atoms with van der Waals surface area (Å²) in [5.74, 6) is -0.999. The number of Topliss-reactive ketones (excluding diaryl/α,β-unsaturated/α-hetero) is 1. The third kappa shape index (κ3) is 2.42. The predicted octanol–water partition coefficient (Wildman–Crippen LogP) is 3.66. The summed E-state index contributed by atoms with van der Waals surface area (Å²) in [5, 5.41) is 0.0753. The number of alkyl halides is 1. The minimum absolute atomic E-state index is 0.0753. The first-order chi connectivity index (χ1) is 6.06. The van der Waals surface area contributed by atoms with Crippen molar-refractivity contribution < 1.29 is 9.18 Å². The third-order valence-electron chi connectivity index (χ3n) is 1.43. The second-order valence-corrected chi connectivity index (χ2v) is 3.83. The van der Waals surface area contributed by atoms with E-state index in [1.54, 1.807) is 0 Å². The van der Waals surface area contributed by atoms with Gasteiger partial charge in [0.15, 0.2) is 5.78 Å². The molecule has 1 aromatic rings. The maximum Gasteiger partial charge on any atom is 0.179 e.